The van der Waals surface area contributed by atoms with Crippen LogP contribution in [0.15, 0.2) is 235 Å². The Balaban J connectivity index is 0.934. The van der Waals surface area contributed by atoms with Gasteiger partial charge in [-0.3, -0.25) is 0 Å². The fourth-order valence-electron chi connectivity index (χ4n) is 10.4. The summed E-state index contributed by atoms with van der Waals surface area (Å²) in [6, 6.07) is 81.5. The van der Waals surface area contributed by atoms with Crippen molar-refractivity contribution in [1.29, 1.82) is 0 Å². The number of para-hydroxylation sites is 2. The fourth-order valence-corrected chi connectivity index (χ4v) is 11.5. The summed E-state index contributed by atoms with van der Waals surface area (Å²) in [6.45, 7) is 0. The molecule has 10 aromatic carbocycles. The van der Waals surface area contributed by atoms with E-state index in [4.69, 9.17) is 19.4 Å². The highest BCUT2D eigenvalue weighted by Crippen LogP contribution is 2.45. The Hall–Kier alpha value is -8.97. The van der Waals surface area contributed by atoms with Gasteiger partial charge in [0.2, 0.25) is 0 Å². The summed E-state index contributed by atoms with van der Waals surface area (Å²) in [5.41, 5.74) is 14.6. The van der Waals surface area contributed by atoms with E-state index in [0.717, 1.165) is 77.7 Å². The molecule has 14 aromatic rings. The third kappa shape index (κ3) is 6.41. The van der Waals surface area contributed by atoms with Crippen molar-refractivity contribution in [2.24, 2.45) is 0 Å². The van der Waals surface area contributed by atoms with E-state index in [1.165, 1.54) is 42.0 Å². The second-order valence-electron chi connectivity index (χ2n) is 17.5. The van der Waals surface area contributed by atoms with Crippen LogP contribution in [0.25, 0.3) is 137 Å². The highest BCUT2D eigenvalue weighted by molar-refractivity contribution is 7.25. The first kappa shape index (κ1) is 39.2. The highest BCUT2D eigenvalue weighted by atomic mass is 32.1. The number of aromatic nitrogens is 4. The molecule has 0 saturated carbocycles. The van der Waals surface area contributed by atoms with Gasteiger partial charge in [0.1, 0.15) is 11.2 Å². The summed E-state index contributed by atoms with van der Waals surface area (Å²) in [5.74, 6) is 1.79. The van der Waals surface area contributed by atoms with E-state index < -0.39 is 0 Å². The number of rotatable bonds is 7. The van der Waals surface area contributed by atoms with Crippen molar-refractivity contribution in [3.05, 3.63) is 231 Å². The minimum atomic E-state index is 0.579. The van der Waals surface area contributed by atoms with Crippen LogP contribution in [-0.4, -0.2) is 19.5 Å². The SMILES string of the molecule is c1ccc(-c2nc(-c3ccccc3-c3cccc4sc5ccccc5c34)nc(-c3cccc4oc5ccc(-c6ccccc6-c6ccc7c(c6)c6ccccc6n7-c6ccccc6)cc5c34)n2)cc1. The lowest BCUT2D eigenvalue weighted by Gasteiger charge is -2.13. The molecule has 0 fully saturated rings. The second-order valence-corrected chi connectivity index (χ2v) is 18.5. The molecular weight excluding hydrogens is 861 g/mol. The Kier molecular flexibility index (Phi) is 9.00. The summed E-state index contributed by atoms with van der Waals surface area (Å²) in [7, 11) is 0. The third-order valence-corrected chi connectivity index (χ3v) is 14.6. The van der Waals surface area contributed by atoms with Gasteiger partial charge < -0.3 is 8.98 Å². The van der Waals surface area contributed by atoms with Gasteiger partial charge in [0.05, 0.1) is 11.0 Å². The molecule has 0 amide bonds. The third-order valence-electron chi connectivity index (χ3n) is 13.5. The predicted octanol–water partition coefficient (Wildman–Crippen LogP) is 17.2. The van der Waals surface area contributed by atoms with Crippen LogP contribution < -0.4 is 0 Å². The van der Waals surface area contributed by atoms with Crippen molar-refractivity contribution in [1.82, 2.24) is 19.5 Å². The quantitative estimate of drug-likeness (QED) is 0.160. The molecule has 0 aliphatic heterocycles. The minimum Gasteiger partial charge on any atom is -0.456 e. The van der Waals surface area contributed by atoms with Crippen molar-refractivity contribution in [3.8, 4) is 73.2 Å². The molecule has 0 aliphatic rings. The summed E-state index contributed by atoms with van der Waals surface area (Å²) >= 11 is 1.82. The van der Waals surface area contributed by atoms with E-state index in [0.29, 0.717) is 17.5 Å². The first-order valence-electron chi connectivity index (χ1n) is 23.2. The van der Waals surface area contributed by atoms with Crippen LogP contribution in [-0.2, 0) is 0 Å². The molecule has 4 heterocycles. The van der Waals surface area contributed by atoms with Crippen LogP contribution in [0.4, 0.5) is 0 Å². The van der Waals surface area contributed by atoms with Gasteiger partial charge in [-0.25, -0.2) is 15.0 Å². The zero-order valence-electron chi connectivity index (χ0n) is 37.0. The highest BCUT2D eigenvalue weighted by Gasteiger charge is 2.22. The topological polar surface area (TPSA) is 56.7 Å². The maximum atomic E-state index is 6.65. The van der Waals surface area contributed by atoms with Gasteiger partial charge in [0, 0.05) is 64.1 Å². The Bertz CT molecular complexity index is 4320. The van der Waals surface area contributed by atoms with Crippen LogP contribution in [0, 0.1) is 0 Å². The number of fused-ring (bicyclic) bond motifs is 9. The lowest BCUT2D eigenvalue weighted by atomic mass is 9.92. The van der Waals surface area contributed by atoms with Gasteiger partial charge in [0.15, 0.2) is 17.5 Å². The van der Waals surface area contributed by atoms with Gasteiger partial charge in [-0.2, -0.15) is 0 Å². The van der Waals surface area contributed by atoms with Crippen molar-refractivity contribution in [2.75, 3.05) is 0 Å². The van der Waals surface area contributed by atoms with Crippen LogP contribution in [0.2, 0.25) is 0 Å². The van der Waals surface area contributed by atoms with Crippen molar-refractivity contribution in [2.45, 2.75) is 0 Å². The zero-order valence-corrected chi connectivity index (χ0v) is 37.9. The molecule has 6 heteroatoms. The van der Waals surface area contributed by atoms with Crippen molar-refractivity contribution < 1.29 is 4.42 Å². The van der Waals surface area contributed by atoms with Crippen LogP contribution in [0.3, 0.4) is 0 Å². The smallest absolute Gasteiger partial charge is 0.164 e. The molecule has 4 aromatic heterocycles. The van der Waals surface area contributed by atoms with Gasteiger partial charge in [-0.15, -0.1) is 11.3 Å². The molecule has 322 valence electrons. The summed E-state index contributed by atoms with van der Waals surface area (Å²) < 4.78 is 11.5. The standard InChI is InChI=1S/C63H38N4OS/c1-3-17-39(18-4-1)61-64-62(48-25-10-9-23-45(48)47-27-16-32-58-60(47)49-26-12-14-31-57(49)69-58)66-63(65-61)50-28-15-30-56-59(50)52-38-41(34-36-55(52)68-56)44-22-8-7-21-43(44)40-33-35-54-51(37-40)46-24-11-13-29-53(46)67(54)42-19-5-2-6-20-42/h1-38H. The first-order chi connectivity index (χ1) is 34.2. The van der Waals surface area contributed by atoms with Crippen molar-refractivity contribution >= 4 is 75.3 Å². The lowest BCUT2D eigenvalue weighted by molar-refractivity contribution is 0.669. The normalized spacial score (nSPS) is 11.8. The molecular formula is C63H38N4OS. The van der Waals surface area contributed by atoms with E-state index in [-0.39, 0.29) is 0 Å². The summed E-state index contributed by atoms with van der Waals surface area (Å²) in [4.78, 5) is 15.9. The number of thiophene rings is 1. The predicted molar refractivity (Wildman–Crippen MR) is 287 cm³/mol. The average molecular weight is 899 g/mol. The monoisotopic (exact) mass is 898 g/mol. The fraction of sp³-hybridized carbons (Fsp3) is 0. The van der Waals surface area contributed by atoms with E-state index in [9.17, 15) is 0 Å². The molecule has 5 nitrogen and oxygen atoms in total. The van der Waals surface area contributed by atoms with E-state index in [1.54, 1.807) is 0 Å². The molecule has 14 rings (SSSR count). The van der Waals surface area contributed by atoms with Crippen molar-refractivity contribution in [3.63, 3.8) is 0 Å². The summed E-state index contributed by atoms with van der Waals surface area (Å²) in [5, 5.41) is 6.89. The molecule has 0 saturated heterocycles. The summed E-state index contributed by atoms with van der Waals surface area (Å²) in [6.07, 6.45) is 0. The molecule has 0 unspecified atom stereocenters. The van der Waals surface area contributed by atoms with Crippen LogP contribution in [0.5, 0.6) is 0 Å². The Morgan fingerprint density at radius 1 is 0.319 bits per heavy atom. The Labute approximate surface area is 400 Å². The molecule has 0 bridgehead atoms. The maximum absolute atomic E-state index is 6.65. The largest absolute Gasteiger partial charge is 0.456 e. The lowest BCUT2D eigenvalue weighted by Crippen LogP contribution is -2.01. The Morgan fingerprint density at radius 3 is 1.70 bits per heavy atom. The number of benzene rings is 10. The molecule has 69 heavy (non-hydrogen) atoms. The van der Waals surface area contributed by atoms with Gasteiger partial charge in [-0.05, 0) is 94.0 Å². The maximum Gasteiger partial charge on any atom is 0.164 e. The average Bonchev–Trinajstić information content (AvgIpc) is 4.10. The van der Waals surface area contributed by atoms with E-state index >= 15 is 0 Å². The number of nitrogens with zero attached hydrogens (tertiary/aromatic N) is 4. The van der Waals surface area contributed by atoms with Gasteiger partial charge >= 0.3 is 0 Å². The van der Waals surface area contributed by atoms with Gasteiger partial charge in [0.25, 0.3) is 0 Å². The first-order valence-corrected chi connectivity index (χ1v) is 24.0. The minimum absolute atomic E-state index is 0.579. The molecule has 0 aliphatic carbocycles. The van der Waals surface area contributed by atoms with Crippen LogP contribution in [0.1, 0.15) is 0 Å². The number of hydrogen-bond acceptors (Lipinski definition) is 5. The van der Waals surface area contributed by atoms with E-state index in [2.05, 4.69) is 205 Å². The molecule has 0 atom stereocenters. The molecule has 0 N–H and O–H groups in total. The number of hydrogen-bond donors (Lipinski definition) is 0. The number of furan rings is 1. The van der Waals surface area contributed by atoms with E-state index in [1.807, 2.05) is 41.7 Å². The van der Waals surface area contributed by atoms with Crippen LogP contribution >= 0.6 is 11.3 Å². The zero-order chi connectivity index (χ0) is 45.4. The Morgan fingerprint density at radius 2 is 0.884 bits per heavy atom. The molecule has 0 radical (unpaired) electrons. The van der Waals surface area contributed by atoms with Gasteiger partial charge in [-0.1, -0.05) is 170 Å². The second kappa shape index (κ2) is 15.8. The molecule has 0 spiro atoms.